The summed E-state index contributed by atoms with van der Waals surface area (Å²) < 4.78 is 27.3. The second-order valence-corrected chi connectivity index (χ2v) is 6.73. The molecule has 1 aromatic heterocycles. The number of rotatable bonds is 4. The van der Waals surface area contributed by atoms with Crippen LogP contribution in [0.2, 0.25) is 0 Å². The monoisotopic (exact) mass is 330 g/mol. The van der Waals surface area contributed by atoms with E-state index in [1.54, 1.807) is 13.0 Å². The Hall–Kier alpha value is -2.87. The minimum Gasteiger partial charge on any atom is -0.366 e. The van der Waals surface area contributed by atoms with Crippen LogP contribution in [-0.2, 0) is 10.0 Å². The molecule has 4 N–H and O–H groups in total. The lowest BCUT2D eigenvalue weighted by Gasteiger charge is -2.08. The summed E-state index contributed by atoms with van der Waals surface area (Å²) in [5.74, 6) is 0.143. The average molecular weight is 330 g/mol. The number of carbonyl (C=O) groups is 1. The van der Waals surface area contributed by atoms with Gasteiger partial charge in [-0.25, -0.2) is 13.4 Å². The number of hydrogen-bond donors (Lipinski definition) is 3. The fraction of sp³-hybridized carbons (Fsp3) is 0.0667. The van der Waals surface area contributed by atoms with E-state index < -0.39 is 15.9 Å². The Morgan fingerprint density at radius 2 is 1.87 bits per heavy atom. The fourth-order valence-electron chi connectivity index (χ4n) is 2.20. The van der Waals surface area contributed by atoms with Crippen LogP contribution in [0.15, 0.2) is 47.4 Å². The maximum Gasteiger partial charge on any atom is 0.261 e. The lowest BCUT2D eigenvalue weighted by atomic mass is 10.2. The molecule has 0 bridgehead atoms. The van der Waals surface area contributed by atoms with E-state index in [1.807, 2.05) is 0 Å². The number of primary amides is 1. The maximum absolute atomic E-state index is 12.4. The number of H-pyrrole nitrogens is 1. The third-order valence-electron chi connectivity index (χ3n) is 3.30. The van der Waals surface area contributed by atoms with Gasteiger partial charge in [-0.05, 0) is 49.4 Å². The van der Waals surface area contributed by atoms with E-state index >= 15 is 0 Å². The molecule has 3 aromatic rings. The van der Waals surface area contributed by atoms with Crippen LogP contribution in [0.25, 0.3) is 11.0 Å². The van der Waals surface area contributed by atoms with Crippen molar-refractivity contribution < 1.29 is 13.2 Å². The van der Waals surface area contributed by atoms with Gasteiger partial charge in [0.25, 0.3) is 10.0 Å². The third-order valence-corrected chi connectivity index (χ3v) is 4.68. The van der Waals surface area contributed by atoms with Gasteiger partial charge in [0.2, 0.25) is 5.91 Å². The number of nitrogens with zero attached hydrogens (tertiary/aromatic N) is 1. The Morgan fingerprint density at radius 1 is 1.17 bits per heavy atom. The fourth-order valence-corrected chi connectivity index (χ4v) is 3.28. The third kappa shape index (κ3) is 3.02. The quantitative estimate of drug-likeness (QED) is 0.675. The molecule has 0 radical (unpaired) electrons. The molecule has 0 aliphatic rings. The number of carbonyl (C=O) groups excluding carboxylic acids is 1. The number of benzene rings is 2. The topological polar surface area (TPSA) is 118 Å². The number of anilines is 1. The number of fused-ring (bicyclic) bond motifs is 1. The van der Waals surface area contributed by atoms with Crippen LogP contribution < -0.4 is 10.5 Å². The van der Waals surface area contributed by atoms with Crippen LogP contribution in [0.3, 0.4) is 0 Å². The van der Waals surface area contributed by atoms with Gasteiger partial charge in [0.1, 0.15) is 5.82 Å². The molecule has 8 heteroatoms. The molecule has 0 saturated heterocycles. The van der Waals surface area contributed by atoms with Gasteiger partial charge in [0.15, 0.2) is 0 Å². The normalized spacial score (nSPS) is 11.5. The lowest BCUT2D eigenvalue weighted by molar-refractivity contribution is 0.100. The molecule has 1 amide bonds. The largest absolute Gasteiger partial charge is 0.366 e. The molecule has 0 spiro atoms. The highest BCUT2D eigenvalue weighted by Gasteiger charge is 2.15. The molecule has 0 fully saturated rings. The first-order chi connectivity index (χ1) is 10.8. The highest BCUT2D eigenvalue weighted by Crippen LogP contribution is 2.20. The van der Waals surface area contributed by atoms with Gasteiger partial charge in [0.05, 0.1) is 15.9 Å². The molecule has 0 saturated carbocycles. The number of hydrogen-bond acceptors (Lipinski definition) is 4. The molecular weight excluding hydrogens is 316 g/mol. The van der Waals surface area contributed by atoms with E-state index in [1.165, 1.54) is 36.4 Å². The number of nitrogens with one attached hydrogen (secondary N) is 2. The molecular formula is C15H14N4O3S. The molecule has 0 aliphatic heterocycles. The predicted octanol–water partition coefficient (Wildman–Crippen LogP) is 1.77. The van der Waals surface area contributed by atoms with Gasteiger partial charge < -0.3 is 10.7 Å². The first-order valence-corrected chi connectivity index (χ1v) is 8.22. The van der Waals surface area contributed by atoms with Crippen LogP contribution in [0, 0.1) is 6.92 Å². The smallest absolute Gasteiger partial charge is 0.261 e. The van der Waals surface area contributed by atoms with Crippen molar-refractivity contribution in [1.29, 1.82) is 0 Å². The van der Waals surface area contributed by atoms with E-state index in [4.69, 9.17) is 5.73 Å². The molecule has 0 unspecified atom stereocenters. The van der Waals surface area contributed by atoms with Crippen molar-refractivity contribution in [3.8, 4) is 0 Å². The summed E-state index contributed by atoms with van der Waals surface area (Å²) in [7, 11) is -3.74. The Labute approximate surface area is 132 Å². The lowest BCUT2D eigenvalue weighted by Crippen LogP contribution is -2.14. The van der Waals surface area contributed by atoms with E-state index in [0.717, 1.165) is 0 Å². The average Bonchev–Trinajstić information content (AvgIpc) is 2.86. The zero-order valence-electron chi connectivity index (χ0n) is 12.2. The van der Waals surface area contributed by atoms with Crippen molar-refractivity contribution in [2.75, 3.05) is 4.72 Å². The van der Waals surface area contributed by atoms with Gasteiger partial charge in [-0.1, -0.05) is 0 Å². The van der Waals surface area contributed by atoms with Gasteiger partial charge in [-0.2, -0.15) is 0 Å². The number of imidazole rings is 1. The molecule has 0 atom stereocenters. The number of aryl methyl sites for hydroxylation is 1. The highest BCUT2D eigenvalue weighted by molar-refractivity contribution is 7.92. The van der Waals surface area contributed by atoms with Crippen molar-refractivity contribution in [1.82, 2.24) is 9.97 Å². The summed E-state index contributed by atoms with van der Waals surface area (Å²) >= 11 is 0. The molecule has 1 heterocycles. The molecule has 0 aliphatic carbocycles. The zero-order valence-corrected chi connectivity index (χ0v) is 13.0. The van der Waals surface area contributed by atoms with Crippen LogP contribution in [0.4, 0.5) is 5.69 Å². The van der Waals surface area contributed by atoms with E-state index in [0.29, 0.717) is 28.1 Å². The minimum atomic E-state index is -3.74. The number of sulfonamides is 1. The number of amides is 1. The van der Waals surface area contributed by atoms with Crippen molar-refractivity contribution in [3.05, 3.63) is 53.9 Å². The molecule has 3 rings (SSSR count). The Kier molecular flexibility index (Phi) is 3.53. The standard InChI is InChI=1S/C15H14N4O3S/c1-9-17-13-7-6-12(8-14(13)18-9)23(21,22)19-11-4-2-10(3-5-11)15(16)20/h2-8,19H,1H3,(H2,16,20)(H,17,18). The highest BCUT2D eigenvalue weighted by atomic mass is 32.2. The van der Waals surface area contributed by atoms with Crippen LogP contribution in [-0.4, -0.2) is 24.3 Å². The Balaban J connectivity index is 1.91. The van der Waals surface area contributed by atoms with Crippen LogP contribution in [0.5, 0.6) is 0 Å². The van der Waals surface area contributed by atoms with Crippen molar-refractivity contribution >= 4 is 32.7 Å². The maximum atomic E-state index is 12.4. The zero-order chi connectivity index (χ0) is 16.6. The second kappa shape index (κ2) is 5.40. The van der Waals surface area contributed by atoms with Gasteiger partial charge in [0, 0.05) is 11.3 Å². The molecule has 7 nitrogen and oxygen atoms in total. The van der Waals surface area contributed by atoms with Gasteiger partial charge >= 0.3 is 0 Å². The van der Waals surface area contributed by atoms with Crippen molar-refractivity contribution in [2.45, 2.75) is 11.8 Å². The van der Waals surface area contributed by atoms with Gasteiger partial charge in [-0.3, -0.25) is 9.52 Å². The van der Waals surface area contributed by atoms with Crippen LogP contribution >= 0.6 is 0 Å². The molecule has 23 heavy (non-hydrogen) atoms. The van der Waals surface area contributed by atoms with E-state index in [-0.39, 0.29) is 4.90 Å². The predicted molar refractivity (Wildman–Crippen MR) is 86.6 cm³/mol. The van der Waals surface area contributed by atoms with E-state index in [2.05, 4.69) is 14.7 Å². The molecule has 118 valence electrons. The summed E-state index contributed by atoms with van der Waals surface area (Å²) in [6.45, 7) is 1.80. The molecule has 2 aromatic carbocycles. The summed E-state index contributed by atoms with van der Waals surface area (Å²) in [4.78, 5) is 18.4. The second-order valence-electron chi connectivity index (χ2n) is 5.05. The van der Waals surface area contributed by atoms with Gasteiger partial charge in [-0.15, -0.1) is 0 Å². The minimum absolute atomic E-state index is 0.118. The van der Waals surface area contributed by atoms with Crippen LogP contribution in [0.1, 0.15) is 16.2 Å². The SMILES string of the molecule is Cc1nc2ccc(S(=O)(=O)Nc3ccc(C(N)=O)cc3)cc2[nH]1. The Bertz CT molecular complexity index is 991. The number of aromatic nitrogens is 2. The van der Waals surface area contributed by atoms with Crippen molar-refractivity contribution in [2.24, 2.45) is 5.73 Å². The Morgan fingerprint density at radius 3 is 2.52 bits per heavy atom. The summed E-state index contributed by atoms with van der Waals surface area (Å²) in [5, 5.41) is 0. The van der Waals surface area contributed by atoms with E-state index in [9.17, 15) is 13.2 Å². The first-order valence-electron chi connectivity index (χ1n) is 6.74. The summed E-state index contributed by atoms with van der Waals surface area (Å²) in [5.41, 5.74) is 7.15. The summed E-state index contributed by atoms with van der Waals surface area (Å²) in [6, 6.07) is 10.5. The number of aromatic amines is 1. The number of nitrogens with two attached hydrogens (primary N) is 1. The van der Waals surface area contributed by atoms with Crippen molar-refractivity contribution in [3.63, 3.8) is 0 Å². The first kappa shape index (κ1) is 15.0. The summed E-state index contributed by atoms with van der Waals surface area (Å²) in [6.07, 6.45) is 0.